The molecule has 2 rings (SSSR count). The lowest BCUT2D eigenvalue weighted by atomic mass is 10.1. The Hall–Kier alpha value is -1.97. The van der Waals surface area contributed by atoms with E-state index >= 15 is 0 Å². The summed E-state index contributed by atoms with van der Waals surface area (Å²) in [5.74, 6) is -0.116. The van der Waals surface area contributed by atoms with Gasteiger partial charge in [0, 0.05) is 5.56 Å². The SMILES string of the molecule is O=C(c1ccccc1)c1cn[nH]n1. The molecule has 0 saturated carbocycles. The average molecular weight is 173 g/mol. The summed E-state index contributed by atoms with van der Waals surface area (Å²) in [6.07, 6.45) is 1.41. The highest BCUT2D eigenvalue weighted by molar-refractivity contribution is 6.07. The Morgan fingerprint density at radius 3 is 2.62 bits per heavy atom. The largest absolute Gasteiger partial charge is 0.287 e. The Morgan fingerprint density at radius 1 is 1.23 bits per heavy atom. The first-order chi connectivity index (χ1) is 6.38. The van der Waals surface area contributed by atoms with Crippen molar-refractivity contribution in [1.29, 1.82) is 0 Å². The second-order valence-electron chi connectivity index (χ2n) is 2.55. The topological polar surface area (TPSA) is 58.6 Å². The second kappa shape index (κ2) is 3.18. The van der Waals surface area contributed by atoms with Gasteiger partial charge in [0.1, 0.15) is 0 Å². The molecule has 1 aromatic heterocycles. The van der Waals surface area contributed by atoms with Crippen LogP contribution in [0.1, 0.15) is 16.1 Å². The number of hydrogen-bond acceptors (Lipinski definition) is 3. The summed E-state index contributed by atoms with van der Waals surface area (Å²) >= 11 is 0. The fraction of sp³-hybridized carbons (Fsp3) is 0. The number of carbonyl (C=O) groups excluding carboxylic acids is 1. The van der Waals surface area contributed by atoms with E-state index in [2.05, 4.69) is 15.4 Å². The first-order valence-corrected chi connectivity index (χ1v) is 3.83. The minimum atomic E-state index is -0.116. The Bertz CT molecular complexity index is 394. The zero-order valence-electron chi connectivity index (χ0n) is 6.77. The van der Waals surface area contributed by atoms with Gasteiger partial charge in [0.05, 0.1) is 6.20 Å². The molecule has 0 atom stereocenters. The van der Waals surface area contributed by atoms with Gasteiger partial charge in [-0.3, -0.25) is 4.79 Å². The maximum Gasteiger partial charge on any atom is 0.214 e. The van der Waals surface area contributed by atoms with Gasteiger partial charge in [-0.25, -0.2) is 0 Å². The Kier molecular flexibility index (Phi) is 1.88. The lowest BCUT2D eigenvalue weighted by Crippen LogP contribution is -2.00. The fourth-order valence-electron chi connectivity index (χ4n) is 1.05. The summed E-state index contributed by atoms with van der Waals surface area (Å²) < 4.78 is 0. The Morgan fingerprint density at radius 2 is 2.00 bits per heavy atom. The quantitative estimate of drug-likeness (QED) is 0.690. The van der Waals surface area contributed by atoms with Crippen molar-refractivity contribution in [1.82, 2.24) is 15.4 Å². The molecule has 1 heterocycles. The zero-order valence-corrected chi connectivity index (χ0v) is 6.77. The first-order valence-electron chi connectivity index (χ1n) is 3.83. The maximum absolute atomic E-state index is 11.6. The molecule has 0 aliphatic heterocycles. The van der Waals surface area contributed by atoms with E-state index in [0.717, 1.165) is 0 Å². The highest BCUT2D eigenvalue weighted by Crippen LogP contribution is 2.04. The number of aromatic amines is 1. The van der Waals surface area contributed by atoms with E-state index < -0.39 is 0 Å². The predicted octanol–water partition coefficient (Wildman–Crippen LogP) is 1.04. The Balaban J connectivity index is 2.34. The summed E-state index contributed by atoms with van der Waals surface area (Å²) in [5, 5.41) is 9.68. The van der Waals surface area contributed by atoms with Crippen molar-refractivity contribution in [2.45, 2.75) is 0 Å². The number of nitrogens with one attached hydrogen (secondary N) is 1. The van der Waals surface area contributed by atoms with Crippen molar-refractivity contribution in [3.8, 4) is 0 Å². The minimum Gasteiger partial charge on any atom is -0.287 e. The summed E-state index contributed by atoms with van der Waals surface area (Å²) in [6.45, 7) is 0. The van der Waals surface area contributed by atoms with Gasteiger partial charge in [-0.1, -0.05) is 30.3 Å². The molecule has 0 unspecified atom stereocenters. The number of hydrogen-bond donors (Lipinski definition) is 1. The molecule has 0 fully saturated rings. The van der Waals surface area contributed by atoms with Crippen molar-refractivity contribution in [3.05, 3.63) is 47.8 Å². The van der Waals surface area contributed by atoms with Crippen LogP contribution in [0.5, 0.6) is 0 Å². The monoisotopic (exact) mass is 173 g/mol. The molecule has 0 aliphatic carbocycles. The van der Waals surface area contributed by atoms with Crippen LogP contribution in [0.2, 0.25) is 0 Å². The van der Waals surface area contributed by atoms with E-state index in [-0.39, 0.29) is 5.78 Å². The van der Waals surface area contributed by atoms with E-state index in [0.29, 0.717) is 11.3 Å². The molecule has 64 valence electrons. The molecule has 2 aromatic rings. The van der Waals surface area contributed by atoms with Crippen LogP contribution in [-0.2, 0) is 0 Å². The van der Waals surface area contributed by atoms with E-state index in [1.165, 1.54) is 6.20 Å². The zero-order chi connectivity index (χ0) is 9.10. The normalized spacial score (nSPS) is 9.85. The van der Waals surface area contributed by atoms with Gasteiger partial charge in [0.15, 0.2) is 5.69 Å². The van der Waals surface area contributed by atoms with Gasteiger partial charge in [0.25, 0.3) is 0 Å². The number of H-pyrrole nitrogens is 1. The van der Waals surface area contributed by atoms with E-state index in [1.807, 2.05) is 18.2 Å². The summed E-state index contributed by atoms with van der Waals surface area (Å²) in [5.41, 5.74) is 0.961. The van der Waals surface area contributed by atoms with Crippen LogP contribution in [0.4, 0.5) is 0 Å². The molecule has 4 nitrogen and oxygen atoms in total. The van der Waals surface area contributed by atoms with Crippen molar-refractivity contribution in [3.63, 3.8) is 0 Å². The molecular formula is C9H7N3O. The molecule has 0 bridgehead atoms. The fourth-order valence-corrected chi connectivity index (χ4v) is 1.05. The van der Waals surface area contributed by atoms with Crippen LogP contribution in [0, 0.1) is 0 Å². The number of ketones is 1. The number of carbonyl (C=O) groups is 1. The van der Waals surface area contributed by atoms with Crippen LogP contribution in [-0.4, -0.2) is 21.2 Å². The van der Waals surface area contributed by atoms with Crippen LogP contribution >= 0.6 is 0 Å². The summed E-state index contributed by atoms with van der Waals surface area (Å²) in [6, 6.07) is 8.98. The van der Waals surface area contributed by atoms with Gasteiger partial charge in [0.2, 0.25) is 5.78 Å². The first kappa shape index (κ1) is 7.67. The molecule has 13 heavy (non-hydrogen) atoms. The molecule has 0 aliphatic rings. The van der Waals surface area contributed by atoms with Crippen LogP contribution in [0.3, 0.4) is 0 Å². The lowest BCUT2D eigenvalue weighted by molar-refractivity contribution is 0.103. The third kappa shape index (κ3) is 1.46. The van der Waals surface area contributed by atoms with Gasteiger partial charge in [-0.15, -0.1) is 0 Å². The van der Waals surface area contributed by atoms with E-state index in [4.69, 9.17) is 0 Å². The highest BCUT2D eigenvalue weighted by atomic mass is 16.1. The summed E-state index contributed by atoms with van der Waals surface area (Å²) in [7, 11) is 0. The van der Waals surface area contributed by atoms with Crippen molar-refractivity contribution in [2.75, 3.05) is 0 Å². The highest BCUT2D eigenvalue weighted by Gasteiger charge is 2.09. The third-order valence-corrected chi connectivity index (χ3v) is 1.68. The molecule has 0 saturated heterocycles. The molecular weight excluding hydrogens is 166 g/mol. The number of aromatic nitrogens is 3. The van der Waals surface area contributed by atoms with E-state index in [9.17, 15) is 4.79 Å². The molecule has 4 heteroatoms. The predicted molar refractivity (Wildman–Crippen MR) is 46.3 cm³/mol. The van der Waals surface area contributed by atoms with Gasteiger partial charge >= 0.3 is 0 Å². The standard InChI is InChI=1S/C9H7N3O/c13-9(8-6-10-12-11-8)7-4-2-1-3-5-7/h1-6H,(H,10,11,12). The molecule has 1 N–H and O–H groups in total. The molecule has 0 amide bonds. The van der Waals surface area contributed by atoms with Gasteiger partial charge in [-0.2, -0.15) is 15.4 Å². The average Bonchev–Trinajstić information content (AvgIpc) is 2.71. The third-order valence-electron chi connectivity index (χ3n) is 1.68. The van der Waals surface area contributed by atoms with Crippen LogP contribution < -0.4 is 0 Å². The smallest absolute Gasteiger partial charge is 0.214 e. The maximum atomic E-state index is 11.6. The molecule has 1 aromatic carbocycles. The molecule has 0 spiro atoms. The van der Waals surface area contributed by atoms with E-state index in [1.54, 1.807) is 12.1 Å². The number of benzene rings is 1. The number of rotatable bonds is 2. The van der Waals surface area contributed by atoms with Crippen LogP contribution in [0.15, 0.2) is 36.5 Å². The van der Waals surface area contributed by atoms with Crippen molar-refractivity contribution >= 4 is 5.78 Å². The number of nitrogens with zero attached hydrogens (tertiary/aromatic N) is 2. The molecule has 0 radical (unpaired) electrons. The van der Waals surface area contributed by atoms with Gasteiger partial charge < -0.3 is 0 Å². The Labute approximate surface area is 74.6 Å². The minimum absolute atomic E-state index is 0.116. The van der Waals surface area contributed by atoms with Crippen molar-refractivity contribution in [2.24, 2.45) is 0 Å². The van der Waals surface area contributed by atoms with Crippen molar-refractivity contribution < 1.29 is 4.79 Å². The summed E-state index contributed by atoms with van der Waals surface area (Å²) in [4.78, 5) is 11.6. The second-order valence-corrected chi connectivity index (χ2v) is 2.55. The van der Waals surface area contributed by atoms with Gasteiger partial charge in [-0.05, 0) is 0 Å². The van der Waals surface area contributed by atoms with Crippen LogP contribution in [0.25, 0.3) is 0 Å². The lowest BCUT2D eigenvalue weighted by Gasteiger charge is -1.93.